The SMILES string of the molecule is CCCC(=O)c1cnn(-c2ccc(NC(=O)c3cn(CC(=O)O)c4ccc(Cl)cc34)c(C#N)c2)c1C. The standard InChI is InChI=1S/C26H22ClN5O4/c1-3-4-24(33)20-12-29-32(15(20)2)18-6-7-22(16(9-18)11-28)30-26(36)21-13-31(14-25(34)35)23-8-5-17(27)10-19(21)23/h5-10,12-13H,3-4,14H2,1-2H3,(H,30,36)(H,34,35). The fourth-order valence-corrected chi connectivity index (χ4v) is 4.26. The highest BCUT2D eigenvalue weighted by Gasteiger charge is 2.19. The van der Waals surface area contributed by atoms with Crippen LogP contribution in [0.15, 0.2) is 48.8 Å². The molecule has 0 fully saturated rings. The largest absolute Gasteiger partial charge is 0.480 e. The van der Waals surface area contributed by atoms with E-state index in [0.717, 1.165) is 6.42 Å². The number of carbonyl (C=O) groups excluding carboxylic acids is 2. The minimum Gasteiger partial charge on any atom is -0.480 e. The first-order chi connectivity index (χ1) is 17.2. The first kappa shape index (κ1) is 24.7. The second kappa shape index (κ2) is 10.1. The number of amides is 1. The van der Waals surface area contributed by atoms with Gasteiger partial charge >= 0.3 is 5.97 Å². The monoisotopic (exact) mass is 503 g/mol. The molecule has 0 unspecified atom stereocenters. The van der Waals surface area contributed by atoms with E-state index in [4.69, 9.17) is 11.6 Å². The molecule has 0 aliphatic carbocycles. The maximum Gasteiger partial charge on any atom is 0.323 e. The van der Waals surface area contributed by atoms with Gasteiger partial charge in [-0.3, -0.25) is 14.4 Å². The van der Waals surface area contributed by atoms with Crippen molar-refractivity contribution in [3.05, 3.63) is 76.2 Å². The topological polar surface area (TPSA) is 130 Å². The zero-order chi connectivity index (χ0) is 26.0. The fourth-order valence-electron chi connectivity index (χ4n) is 4.09. The summed E-state index contributed by atoms with van der Waals surface area (Å²) in [5, 5.41) is 26.9. The summed E-state index contributed by atoms with van der Waals surface area (Å²) in [4.78, 5) is 36.8. The van der Waals surface area contributed by atoms with Gasteiger partial charge in [-0.05, 0) is 49.7 Å². The lowest BCUT2D eigenvalue weighted by atomic mass is 10.1. The number of carboxylic acids is 1. The van der Waals surface area contributed by atoms with Gasteiger partial charge in [0.1, 0.15) is 12.6 Å². The Hall–Kier alpha value is -4.42. The van der Waals surface area contributed by atoms with E-state index in [1.807, 2.05) is 6.92 Å². The number of anilines is 1. The molecule has 10 heteroatoms. The average molecular weight is 504 g/mol. The molecule has 0 aliphatic heterocycles. The summed E-state index contributed by atoms with van der Waals surface area (Å²) in [5.74, 6) is -1.56. The highest BCUT2D eigenvalue weighted by Crippen LogP contribution is 2.27. The molecular weight excluding hydrogens is 482 g/mol. The first-order valence-corrected chi connectivity index (χ1v) is 11.5. The van der Waals surface area contributed by atoms with E-state index in [1.165, 1.54) is 17.0 Å². The summed E-state index contributed by atoms with van der Waals surface area (Å²) in [6.07, 6.45) is 4.13. The maximum absolute atomic E-state index is 13.2. The minimum absolute atomic E-state index is 0.00723. The number of benzene rings is 2. The second-order valence-electron chi connectivity index (χ2n) is 8.25. The molecule has 36 heavy (non-hydrogen) atoms. The van der Waals surface area contributed by atoms with E-state index in [0.29, 0.717) is 39.3 Å². The first-order valence-electron chi connectivity index (χ1n) is 11.2. The molecule has 182 valence electrons. The zero-order valence-corrected chi connectivity index (χ0v) is 20.3. The Morgan fingerprint density at radius 3 is 2.64 bits per heavy atom. The van der Waals surface area contributed by atoms with Crippen LogP contribution in [0, 0.1) is 18.3 Å². The van der Waals surface area contributed by atoms with Gasteiger partial charge in [-0.25, -0.2) is 4.68 Å². The molecule has 9 nitrogen and oxygen atoms in total. The molecule has 4 aromatic rings. The third kappa shape index (κ3) is 4.72. The van der Waals surface area contributed by atoms with Crippen LogP contribution in [0.2, 0.25) is 5.02 Å². The van der Waals surface area contributed by atoms with Gasteiger partial charge in [-0.15, -0.1) is 0 Å². The van der Waals surface area contributed by atoms with Crippen molar-refractivity contribution in [2.75, 3.05) is 5.32 Å². The Morgan fingerprint density at radius 2 is 1.94 bits per heavy atom. The number of halogens is 1. The van der Waals surface area contributed by atoms with Gasteiger partial charge in [0.25, 0.3) is 5.91 Å². The second-order valence-corrected chi connectivity index (χ2v) is 8.69. The number of nitrogens with one attached hydrogen (secondary N) is 1. The van der Waals surface area contributed by atoms with E-state index in [1.54, 1.807) is 48.0 Å². The summed E-state index contributed by atoms with van der Waals surface area (Å²) in [7, 11) is 0. The van der Waals surface area contributed by atoms with Gasteiger partial charge in [0.05, 0.1) is 40.0 Å². The highest BCUT2D eigenvalue weighted by molar-refractivity contribution is 6.31. The Morgan fingerprint density at radius 1 is 1.17 bits per heavy atom. The van der Waals surface area contributed by atoms with Crippen LogP contribution in [0.4, 0.5) is 5.69 Å². The molecular formula is C26H22ClN5O4. The van der Waals surface area contributed by atoms with E-state index in [2.05, 4.69) is 16.5 Å². The summed E-state index contributed by atoms with van der Waals surface area (Å²) < 4.78 is 3.03. The maximum atomic E-state index is 13.2. The van der Waals surface area contributed by atoms with Crippen LogP contribution >= 0.6 is 11.6 Å². The summed E-state index contributed by atoms with van der Waals surface area (Å²) in [6, 6.07) is 11.8. The molecule has 0 atom stereocenters. The molecule has 0 radical (unpaired) electrons. The molecule has 0 saturated heterocycles. The lowest BCUT2D eigenvalue weighted by molar-refractivity contribution is -0.137. The van der Waals surface area contributed by atoms with Crippen molar-refractivity contribution in [1.82, 2.24) is 14.3 Å². The number of hydrogen-bond donors (Lipinski definition) is 2. The van der Waals surface area contributed by atoms with Crippen molar-refractivity contribution in [3.63, 3.8) is 0 Å². The third-order valence-electron chi connectivity index (χ3n) is 5.80. The van der Waals surface area contributed by atoms with E-state index >= 15 is 0 Å². The van der Waals surface area contributed by atoms with Crippen molar-refractivity contribution in [2.24, 2.45) is 0 Å². The van der Waals surface area contributed by atoms with Crippen LogP contribution in [0.5, 0.6) is 0 Å². The molecule has 2 heterocycles. The fraction of sp³-hybridized carbons (Fsp3) is 0.192. The lowest BCUT2D eigenvalue weighted by Crippen LogP contribution is -2.13. The van der Waals surface area contributed by atoms with E-state index < -0.39 is 11.9 Å². The predicted octanol–water partition coefficient (Wildman–Crippen LogP) is 4.98. The van der Waals surface area contributed by atoms with Crippen LogP contribution in [0.1, 0.15) is 51.7 Å². The summed E-state index contributed by atoms with van der Waals surface area (Å²) in [6.45, 7) is 3.40. The molecule has 2 aromatic heterocycles. The Balaban J connectivity index is 1.67. The highest BCUT2D eigenvalue weighted by atomic mass is 35.5. The minimum atomic E-state index is -1.05. The van der Waals surface area contributed by atoms with Crippen LogP contribution in [0.3, 0.4) is 0 Å². The van der Waals surface area contributed by atoms with Crippen molar-refractivity contribution in [1.29, 1.82) is 5.26 Å². The zero-order valence-electron chi connectivity index (χ0n) is 19.6. The number of nitrogens with zero attached hydrogens (tertiary/aromatic N) is 4. The van der Waals surface area contributed by atoms with E-state index in [-0.39, 0.29) is 29.1 Å². The van der Waals surface area contributed by atoms with E-state index in [9.17, 15) is 24.8 Å². The number of aromatic nitrogens is 3. The van der Waals surface area contributed by atoms with Crippen molar-refractivity contribution < 1.29 is 19.5 Å². The molecule has 4 rings (SSSR count). The number of Topliss-reactive ketones (excluding diaryl/α,β-unsaturated/α-hetero) is 1. The van der Waals surface area contributed by atoms with Crippen molar-refractivity contribution in [3.8, 4) is 11.8 Å². The molecule has 2 N–H and O–H groups in total. The molecule has 1 amide bonds. The molecule has 0 bridgehead atoms. The van der Waals surface area contributed by atoms with Gasteiger partial charge in [-0.2, -0.15) is 10.4 Å². The molecule has 2 aromatic carbocycles. The number of aliphatic carboxylic acids is 1. The van der Waals surface area contributed by atoms with Crippen molar-refractivity contribution in [2.45, 2.75) is 33.2 Å². The molecule has 0 aliphatic rings. The summed E-state index contributed by atoms with van der Waals surface area (Å²) >= 11 is 6.12. The quantitative estimate of drug-likeness (QED) is 0.326. The number of rotatable bonds is 8. The van der Waals surface area contributed by atoms with Crippen LogP contribution in [-0.4, -0.2) is 37.1 Å². The Kier molecular flexibility index (Phi) is 6.90. The lowest BCUT2D eigenvalue weighted by Gasteiger charge is -2.10. The number of nitriles is 1. The third-order valence-corrected chi connectivity index (χ3v) is 6.03. The number of ketones is 1. The van der Waals surface area contributed by atoms with Gasteiger partial charge in [0.2, 0.25) is 0 Å². The molecule has 0 saturated carbocycles. The van der Waals surface area contributed by atoms with Crippen LogP contribution in [0.25, 0.3) is 16.6 Å². The number of hydrogen-bond acceptors (Lipinski definition) is 5. The number of carboxylic acid groups (broad SMARTS) is 1. The number of fused-ring (bicyclic) bond motifs is 1. The van der Waals surface area contributed by atoms with Crippen LogP contribution < -0.4 is 5.32 Å². The Labute approximate surface area is 211 Å². The van der Waals surface area contributed by atoms with Gasteiger partial charge in [-0.1, -0.05) is 18.5 Å². The van der Waals surface area contributed by atoms with Gasteiger partial charge in [0, 0.05) is 28.5 Å². The predicted molar refractivity (Wildman–Crippen MR) is 135 cm³/mol. The Bertz CT molecular complexity index is 1560. The number of carbonyl (C=O) groups is 3. The summed E-state index contributed by atoms with van der Waals surface area (Å²) in [5.41, 5.74) is 3.02. The van der Waals surface area contributed by atoms with Gasteiger partial charge in [0.15, 0.2) is 5.78 Å². The van der Waals surface area contributed by atoms with Crippen molar-refractivity contribution >= 4 is 45.9 Å². The smallest absolute Gasteiger partial charge is 0.323 e. The normalized spacial score (nSPS) is 10.8. The average Bonchev–Trinajstić information content (AvgIpc) is 3.39. The van der Waals surface area contributed by atoms with Crippen LogP contribution in [-0.2, 0) is 11.3 Å². The van der Waals surface area contributed by atoms with Gasteiger partial charge < -0.3 is 15.0 Å². The molecule has 0 spiro atoms.